The minimum absolute atomic E-state index is 0.144. The summed E-state index contributed by atoms with van der Waals surface area (Å²) in [4.78, 5) is 12.3. The van der Waals surface area contributed by atoms with Gasteiger partial charge in [-0.2, -0.15) is 0 Å². The molecule has 4 atom stereocenters. The Labute approximate surface area is 181 Å². The number of carboxylic acid groups (broad SMARTS) is 1. The van der Waals surface area contributed by atoms with Gasteiger partial charge in [0.15, 0.2) is 0 Å². The van der Waals surface area contributed by atoms with E-state index in [1.54, 1.807) is 6.07 Å². The van der Waals surface area contributed by atoms with Crippen LogP contribution in [0, 0.1) is 5.92 Å². The number of carboxylic acids is 1. The van der Waals surface area contributed by atoms with Crippen LogP contribution in [0.4, 0.5) is 0 Å². The van der Waals surface area contributed by atoms with Gasteiger partial charge >= 0.3 is 5.97 Å². The fourth-order valence-electron chi connectivity index (χ4n) is 5.37. The monoisotopic (exact) mass is 432 g/mol. The second kappa shape index (κ2) is 8.27. The van der Waals surface area contributed by atoms with Crippen LogP contribution >= 0.6 is 23.2 Å². The molecule has 4 N–H and O–H groups in total. The molecule has 2 aromatic rings. The van der Waals surface area contributed by atoms with Gasteiger partial charge in [0.25, 0.3) is 0 Å². The van der Waals surface area contributed by atoms with Crippen molar-refractivity contribution in [1.29, 1.82) is 0 Å². The van der Waals surface area contributed by atoms with Gasteiger partial charge < -0.3 is 10.8 Å². The average Bonchev–Trinajstić information content (AvgIpc) is 3.03. The van der Waals surface area contributed by atoms with Crippen LogP contribution in [0.5, 0.6) is 0 Å². The minimum Gasteiger partial charge on any atom is -0.480 e. The first-order valence-electron chi connectivity index (χ1n) is 10.2. The molecule has 1 saturated heterocycles. The van der Waals surface area contributed by atoms with Crippen molar-refractivity contribution in [2.24, 2.45) is 11.7 Å². The van der Waals surface area contributed by atoms with Crippen molar-refractivity contribution >= 4 is 29.2 Å². The number of carbonyl (C=O) groups is 1. The van der Waals surface area contributed by atoms with Crippen molar-refractivity contribution < 1.29 is 9.90 Å². The number of rotatable bonds is 4. The fraction of sp³-hybridized carbons (Fsp3) is 0.435. The Balaban J connectivity index is 1.88. The van der Waals surface area contributed by atoms with Crippen molar-refractivity contribution in [1.82, 2.24) is 5.32 Å². The van der Waals surface area contributed by atoms with Crippen molar-refractivity contribution in [3.63, 3.8) is 0 Å². The Morgan fingerprint density at radius 3 is 2.34 bits per heavy atom. The normalized spacial score (nSPS) is 30.4. The van der Waals surface area contributed by atoms with Crippen LogP contribution in [0.2, 0.25) is 10.0 Å². The molecule has 0 spiro atoms. The molecule has 0 bridgehead atoms. The highest BCUT2D eigenvalue weighted by Crippen LogP contribution is 2.49. The summed E-state index contributed by atoms with van der Waals surface area (Å²) in [5, 5.41) is 14.7. The van der Waals surface area contributed by atoms with E-state index < -0.39 is 23.5 Å². The van der Waals surface area contributed by atoms with Gasteiger partial charge in [-0.1, -0.05) is 66.7 Å². The molecule has 0 radical (unpaired) electrons. The zero-order valence-corrected chi connectivity index (χ0v) is 17.7. The van der Waals surface area contributed by atoms with Gasteiger partial charge in [-0.05, 0) is 54.2 Å². The SMILES string of the molecule is NC1(c2ccc(Cl)cc2)C(C2CCCCC2)NC(C(=O)O)C1c1cccc(Cl)c1. The first kappa shape index (κ1) is 20.7. The zero-order chi connectivity index (χ0) is 20.6. The van der Waals surface area contributed by atoms with Crippen molar-refractivity contribution in [3.8, 4) is 0 Å². The third kappa shape index (κ3) is 3.79. The molecule has 4 unspecified atom stereocenters. The quantitative estimate of drug-likeness (QED) is 0.639. The summed E-state index contributed by atoms with van der Waals surface area (Å²) in [6.07, 6.45) is 5.64. The summed E-state index contributed by atoms with van der Waals surface area (Å²) in [6.45, 7) is 0. The van der Waals surface area contributed by atoms with E-state index in [2.05, 4.69) is 5.32 Å². The molecule has 1 aliphatic carbocycles. The molecule has 6 heteroatoms. The van der Waals surface area contributed by atoms with Gasteiger partial charge in [-0.15, -0.1) is 0 Å². The summed E-state index contributed by atoms with van der Waals surface area (Å²) < 4.78 is 0. The lowest BCUT2D eigenvalue weighted by Crippen LogP contribution is -2.54. The number of benzene rings is 2. The molecule has 1 aliphatic heterocycles. The Hall–Kier alpha value is -1.59. The predicted molar refractivity (Wildman–Crippen MR) is 116 cm³/mol. The number of halogens is 2. The van der Waals surface area contributed by atoms with E-state index in [1.807, 2.05) is 42.5 Å². The topological polar surface area (TPSA) is 75.3 Å². The second-order valence-electron chi connectivity index (χ2n) is 8.33. The maximum absolute atomic E-state index is 12.3. The maximum atomic E-state index is 12.3. The fourth-order valence-corrected chi connectivity index (χ4v) is 5.69. The minimum atomic E-state index is -0.892. The Bertz CT molecular complexity index is 883. The highest BCUT2D eigenvalue weighted by molar-refractivity contribution is 6.30. The van der Waals surface area contributed by atoms with Crippen LogP contribution in [0.15, 0.2) is 48.5 Å². The van der Waals surface area contributed by atoms with E-state index in [0.29, 0.717) is 16.0 Å². The molecule has 154 valence electrons. The molecule has 0 aromatic heterocycles. The number of hydrogen-bond donors (Lipinski definition) is 3. The first-order valence-corrected chi connectivity index (χ1v) is 11.0. The van der Waals surface area contributed by atoms with Gasteiger partial charge in [-0.3, -0.25) is 10.1 Å². The summed E-state index contributed by atoms with van der Waals surface area (Å²) in [5.41, 5.74) is 8.10. The third-order valence-corrected chi connectivity index (χ3v) is 7.15. The molecule has 2 fully saturated rings. The lowest BCUT2D eigenvalue weighted by atomic mass is 9.67. The van der Waals surface area contributed by atoms with Gasteiger partial charge in [-0.25, -0.2) is 0 Å². The van der Waals surface area contributed by atoms with Crippen LogP contribution < -0.4 is 11.1 Å². The second-order valence-corrected chi connectivity index (χ2v) is 9.20. The van der Waals surface area contributed by atoms with Crippen LogP contribution in [-0.4, -0.2) is 23.2 Å². The molecule has 2 aromatic carbocycles. The zero-order valence-electron chi connectivity index (χ0n) is 16.2. The molecular formula is C23H26Cl2N2O2. The van der Waals surface area contributed by atoms with Gasteiger partial charge in [0.1, 0.15) is 6.04 Å². The van der Waals surface area contributed by atoms with E-state index in [4.69, 9.17) is 28.9 Å². The highest BCUT2D eigenvalue weighted by Gasteiger charge is 2.58. The third-order valence-electron chi connectivity index (χ3n) is 6.66. The van der Waals surface area contributed by atoms with E-state index in [-0.39, 0.29) is 6.04 Å². The summed E-state index contributed by atoms with van der Waals surface area (Å²) >= 11 is 12.4. The summed E-state index contributed by atoms with van der Waals surface area (Å²) in [7, 11) is 0. The highest BCUT2D eigenvalue weighted by atomic mass is 35.5. The van der Waals surface area contributed by atoms with Crippen LogP contribution in [0.1, 0.15) is 49.1 Å². The Kier molecular flexibility index (Phi) is 5.90. The molecule has 1 heterocycles. The lowest BCUT2D eigenvalue weighted by Gasteiger charge is -2.41. The van der Waals surface area contributed by atoms with E-state index in [1.165, 1.54) is 6.42 Å². The van der Waals surface area contributed by atoms with Gasteiger partial charge in [0.2, 0.25) is 0 Å². The summed E-state index contributed by atoms with van der Waals surface area (Å²) in [6, 6.07) is 14.0. The number of hydrogen-bond acceptors (Lipinski definition) is 3. The lowest BCUT2D eigenvalue weighted by molar-refractivity contribution is -0.139. The number of nitrogens with two attached hydrogens (primary N) is 1. The van der Waals surface area contributed by atoms with Gasteiger partial charge in [0.05, 0.1) is 5.54 Å². The summed E-state index contributed by atoms with van der Waals surface area (Å²) in [5.74, 6) is -1.01. The maximum Gasteiger partial charge on any atom is 0.321 e. The van der Waals surface area contributed by atoms with Crippen molar-refractivity contribution in [2.75, 3.05) is 0 Å². The molecule has 1 saturated carbocycles. The standard InChI is InChI=1S/C23H26Cl2N2O2/c24-17-11-9-16(10-12-17)23(26)19(15-7-4-8-18(25)13-15)20(22(28)29)27-21(23)14-5-2-1-3-6-14/h4,7-14,19-21,27H,1-3,5-6,26H2,(H,28,29). The van der Waals surface area contributed by atoms with Crippen molar-refractivity contribution in [3.05, 3.63) is 69.7 Å². The molecule has 2 aliphatic rings. The van der Waals surface area contributed by atoms with E-state index in [9.17, 15) is 9.90 Å². The smallest absolute Gasteiger partial charge is 0.321 e. The van der Waals surface area contributed by atoms with Crippen LogP contribution in [0.25, 0.3) is 0 Å². The molecule has 4 nitrogen and oxygen atoms in total. The Morgan fingerprint density at radius 1 is 1.03 bits per heavy atom. The Morgan fingerprint density at radius 2 is 1.72 bits per heavy atom. The van der Waals surface area contributed by atoms with Crippen LogP contribution in [-0.2, 0) is 10.3 Å². The molecular weight excluding hydrogens is 407 g/mol. The van der Waals surface area contributed by atoms with E-state index in [0.717, 1.165) is 36.8 Å². The number of aliphatic carboxylic acids is 1. The molecule has 29 heavy (non-hydrogen) atoms. The molecule has 0 amide bonds. The first-order chi connectivity index (χ1) is 13.9. The van der Waals surface area contributed by atoms with E-state index >= 15 is 0 Å². The average molecular weight is 433 g/mol. The van der Waals surface area contributed by atoms with Crippen LogP contribution in [0.3, 0.4) is 0 Å². The largest absolute Gasteiger partial charge is 0.480 e. The number of nitrogens with one attached hydrogen (secondary N) is 1. The van der Waals surface area contributed by atoms with Gasteiger partial charge in [0, 0.05) is 22.0 Å². The van der Waals surface area contributed by atoms with Crippen molar-refractivity contribution in [2.45, 2.75) is 55.6 Å². The predicted octanol–water partition coefficient (Wildman–Crippen LogP) is 4.94. The molecule has 4 rings (SSSR count).